The standard InChI is InChI=1S/C19H16N4O2/c1-25-17-8-7-13(11-16(17)24)15-12-18-20-9-10-23(18)19(22-15)21-14-5-3-2-4-6-14/h2-12,24H,1H3,(H,21,22). The number of ether oxygens (including phenoxy) is 1. The summed E-state index contributed by atoms with van der Waals surface area (Å²) in [5.41, 5.74) is 3.17. The molecule has 0 aliphatic rings. The number of aromatic nitrogens is 3. The fourth-order valence-electron chi connectivity index (χ4n) is 2.66. The van der Waals surface area contributed by atoms with Crippen molar-refractivity contribution in [3.05, 3.63) is 67.0 Å². The largest absolute Gasteiger partial charge is 0.504 e. The zero-order valence-electron chi connectivity index (χ0n) is 13.5. The number of hydrogen-bond acceptors (Lipinski definition) is 5. The third-order valence-electron chi connectivity index (χ3n) is 3.89. The first-order valence-electron chi connectivity index (χ1n) is 7.78. The van der Waals surface area contributed by atoms with Crippen LogP contribution in [0.15, 0.2) is 67.0 Å². The summed E-state index contributed by atoms with van der Waals surface area (Å²) in [6.45, 7) is 0. The van der Waals surface area contributed by atoms with Crippen LogP contribution < -0.4 is 10.1 Å². The van der Waals surface area contributed by atoms with E-state index < -0.39 is 0 Å². The zero-order valence-corrected chi connectivity index (χ0v) is 13.5. The molecular formula is C19H16N4O2. The molecule has 0 saturated carbocycles. The van der Waals surface area contributed by atoms with Crippen molar-refractivity contribution in [1.82, 2.24) is 14.4 Å². The molecule has 0 bridgehead atoms. The second-order valence-electron chi connectivity index (χ2n) is 5.50. The van der Waals surface area contributed by atoms with Crippen LogP contribution in [0.2, 0.25) is 0 Å². The van der Waals surface area contributed by atoms with Crippen molar-refractivity contribution in [2.24, 2.45) is 0 Å². The number of methoxy groups -OCH3 is 1. The van der Waals surface area contributed by atoms with Gasteiger partial charge in [0.2, 0.25) is 5.95 Å². The van der Waals surface area contributed by atoms with Crippen LogP contribution in [0.1, 0.15) is 0 Å². The first-order valence-corrected chi connectivity index (χ1v) is 7.78. The van der Waals surface area contributed by atoms with E-state index in [1.807, 2.05) is 53.1 Å². The second-order valence-corrected chi connectivity index (χ2v) is 5.50. The van der Waals surface area contributed by atoms with Gasteiger partial charge < -0.3 is 15.2 Å². The Morgan fingerprint density at radius 1 is 1.08 bits per heavy atom. The highest BCUT2D eigenvalue weighted by atomic mass is 16.5. The van der Waals surface area contributed by atoms with Crippen molar-refractivity contribution >= 4 is 17.3 Å². The molecule has 0 fully saturated rings. The molecule has 2 aromatic heterocycles. The molecular weight excluding hydrogens is 316 g/mol. The van der Waals surface area contributed by atoms with Crippen LogP contribution in [-0.4, -0.2) is 26.6 Å². The van der Waals surface area contributed by atoms with Crippen molar-refractivity contribution in [2.45, 2.75) is 0 Å². The van der Waals surface area contributed by atoms with Crippen LogP contribution in [0.5, 0.6) is 11.5 Å². The molecule has 6 nitrogen and oxygen atoms in total. The number of phenolic OH excluding ortho intramolecular Hbond substituents is 1. The van der Waals surface area contributed by atoms with Crippen molar-refractivity contribution < 1.29 is 9.84 Å². The number of hydrogen-bond donors (Lipinski definition) is 2. The lowest BCUT2D eigenvalue weighted by Crippen LogP contribution is -2.02. The molecule has 0 aliphatic carbocycles. The second kappa shape index (κ2) is 6.16. The van der Waals surface area contributed by atoms with Gasteiger partial charge in [0.15, 0.2) is 11.5 Å². The molecule has 0 spiro atoms. The van der Waals surface area contributed by atoms with Gasteiger partial charge in [-0.2, -0.15) is 0 Å². The average molecular weight is 332 g/mol. The van der Waals surface area contributed by atoms with Crippen LogP contribution in [0, 0.1) is 0 Å². The molecule has 0 saturated heterocycles. The van der Waals surface area contributed by atoms with Crippen LogP contribution in [-0.2, 0) is 0 Å². The summed E-state index contributed by atoms with van der Waals surface area (Å²) in [6.07, 6.45) is 3.57. The van der Waals surface area contributed by atoms with Gasteiger partial charge in [-0.3, -0.25) is 4.40 Å². The highest BCUT2D eigenvalue weighted by Gasteiger charge is 2.11. The monoisotopic (exact) mass is 332 g/mol. The van der Waals surface area contributed by atoms with E-state index in [1.165, 1.54) is 7.11 Å². The quantitative estimate of drug-likeness (QED) is 0.594. The van der Waals surface area contributed by atoms with Gasteiger partial charge in [-0.05, 0) is 30.3 Å². The lowest BCUT2D eigenvalue weighted by atomic mass is 10.1. The van der Waals surface area contributed by atoms with Gasteiger partial charge >= 0.3 is 0 Å². The van der Waals surface area contributed by atoms with E-state index >= 15 is 0 Å². The number of nitrogens with zero attached hydrogens (tertiary/aromatic N) is 3. The number of imidazole rings is 1. The number of para-hydroxylation sites is 1. The van der Waals surface area contributed by atoms with E-state index in [0.29, 0.717) is 17.4 Å². The average Bonchev–Trinajstić information content (AvgIpc) is 3.11. The molecule has 6 heteroatoms. The Balaban J connectivity index is 1.81. The summed E-state index contributed by atoms with van der Waals surface area (Å²) in [6, 6.07) is 16.9. The maximum atomic E-state index is 10.0. The molecule has 2 heterocycles. The Bertz CT molecular complexity index is 1030. The molecule has 25 heavy (non-hydrogen) atoms. The van der Waals surface area contributed by atoms with Gasteiger partial charge in [0.05, 0.1) is 12.8 Å². The van der Waals surface area contributed by atoms with Crippen LogP contribution in [0.4, 0.5) is 11.6 Å². The Hall–Kier alpha value is -3.54. The molecule has 4 aromatic rings. The SMILES string of the molecule is COc1ccc(-c2cc3nccn3c(Nc3ccccc3)n2)cc1O. The van der Waals surface area contributed by atoms with Crippen molar-refractivity contribution in [1.29, 1.82) is 0 Å². The summed E-state index contributed by atoms with van der Waals surface area (Å²) < 4.78 is 6.97. The van der Waals surface area contributed by atoms with Gasteiger partial charge in [-0.25, -0.2) is 9.97 Å². The summed E-state index contributed by atoms with van der Waals surface area (Å²) in [5, 5.41) is 13.3. The van der Waals surface area contributed by atoms with Crippen LogP contribution in [0.25, 0.3) is 16.9 Å². The van der Waals surface area contributed by atoms with Crippen molar-refractivity contribution in [3.63, 3.8) is 0 Å². The molecule has 0 aliphatic heterocycles. The van der Waals surface area contributed by atoms with Gasteiger partial charge in [-0.15, -0.1) is 0 Å². The number of rotatable bonds is 4. The van der Waals surface area contributed by atoms with Gasteiger partial charge in [0.1, 0.15) is 5.65 Å². The maximum absolute atomic E-state index is 10.0. The highest BCUT2D eigenvalue weighted by Crippen LogP contribution is 2.31. The van der Waals surface area contributed by atoms with E-state index in [-0.39, 0.29) is 5.75 Å². The Morgan fingerprint density at radius 3 is 2.68 bits per heavy atom. The molecule has 0 radical (unpaired) electrons. The fraction of sp³-hybridized carbons (Fsp3) is 0.0526. The number of phenols is 1. The summed E-state index contributed by atoms with van der Waals surface area (Å²) in [5.74, 6) is 1.14. The van der Waals surface area contributed by atoms with Crippen LogP contribution >= 0.6 is 0 Å². The summed E-state index contributed by atoms with van der Waals surface area (Å²) in [7, 11) is 1.52. The van der Waals surface area contributed by atoms with E-state index in [9.17, 15) is 5.11 Å². The molecule has 2 N–H and O–H groups in total. The lowest BCUT2D eigenvalue weighted by Gasteiger charge is -2.11. The number of anilines is 2. The fourth-order valence-corrected chi connectivity index (χ4v) is 2.66. The molecule has 0 amide bonds. The van der Waals surface area contributed by atoms with Crippen molar-refractivity contribution in [2.75, 3.05) is 12.4 Å². The summed E-state index contributed by atoms with van der Waals surface area (Å²) >= 11 is 0. The van der Waals surface area contributed by atoms with Gasteiger partial charge in [0.25, 0.3) is 0 Å². The zero-order chi connectivity index (χ0) is 17.2. The predicted octanol–water partition coefficient (Wildman–Crippen LogP) is 3.85. The van der Waals surface area contributed by atoms with E-state index in [0.717, 1.165) is 16.9 Å². The molecule has 0 atom stereocenters. The van der Waals surface area contributed by atoms with Gasteiger partial charge in [-0.1, -0.05) is 18.2 Å². The van der Waals surface area contributed by atoms with E-state index in [2.05, 4.69) is 10.3 Å². The van der Waals surface area contributed by atoms with Gasteiger partial charge in [0, 0.05) is 29.7 Å². The molecule has 4 rings (SSSR count). The normalized spacial score (nSPS) is 10.8. The minimum Gasteiger partial charge on any atom is -0.504 e. The number of nitrogens with one attached hydrogen (secondary N) is 1. The predicted molar refractivity (Wildman–Crippen MR) is 96.4 cm³/mol. The minimum atomic E-state index is 0.0718. The first kappa shape index (κ1) is 15.0. The van der Waals surface area contributed by atoms with Crippen LogP contribution in [0.3, 0.4) is 0 Å². The minimum absolute atomic E-state index is 0.0718. The van der Waals surface area contributed by atoms with E-state index in [4.69, 9.17) is 9.72 Å². The molecule has 2 aromatic carbocycles. The van der Waals surface area contributed by atoms with Crippen molar-refractivity contribution in [3.8, 4) is 22.8 Å². The number of benzene rings is 2. The van der Waals surface area contributed by atoms with E-state index in [1.54, 1.807) is 18.3 Å². The Kier molecular flexibility index (Phi) is 3.70. The maximum Gasteiger partial charge on any atom is 0.213 e. The topological polar surface area (TPSA) is 71.7 Å². The third-order valence-corrected chi connectivity index (χ3v) is 3.89. The Labute approximate surface area is 144 Å². The third kappa shape index (κ3) is 2.85. The smallest absolute Gasteiger partial charge is 0.213 e. The molecule has 124 valence electrons. The number of aromatic hydroxyl groups is 1. The number of fused-ring (bicyclic) bond motifs is 1. The lowest BCUT2D eigenvalue weighted by molar-refractivity contribution is 0.373. The first-order chi connectivity index (χ1) is 12.2. The molecule has 0 unspecified atom stereocenters. The highest BCUT2D eigenvalue weighted by molar-refractivity contribution is 5.70. The summed E-state index contributed by atoms with van der Waals surface area (Å²) in [4.78, 5) is 9.05. The Morgan fingerprint density at radius 2 is 1.92 bits per heavy atom.